The molecular weight excluding hydrogens is 338 g/mol. The summed E-state index contributed by atoms with van der Waals surface area (Å²) in [6, 6.07) is 15.8. The number of H-pyrrole nitrogens is 1. The van der Waals surface area contributed by atoms with E-state index in [-0.39, 0.29) is 0 Å². The predicted molar refractivity (Wildman–Crippen MR) is 109 cm³/mol. The van der Waals surface area contributed by atoms with Gasteiger partial charge in [0.05, 0.1) is 0 Å². The molecule has 1 aliphatic heterocycles. The molecule has 0 saturated carbocycles. The van der Waals surface area contributed by atoms with Crippen LogP contribution in [-0.2, 0) is 6.54 Å². The van der Waals surface area contributed by atoms with Gasteiger partial charge in [0.25, 0.3) is 0 Å². The largest absolute Gasteiger partial charge is 0.361 e. The molecule has 4 heteroatoms. The van der Waals surface area contributed by atoms with Crippen molar-refractivity contribution in [2.75, 3.05) is 13.6 Å². The molecule has 2 aromatic carbocycles. The minimum absolute atomic E-state index is 0.406. The maximum Gasteiger partial charge on any atom is 0.123 e. The molecular formula is C22H21N3S. The van der Waals surface area contributed by atoms with E-state index in [2.05, 4.69) is 71.3 Å². The lowest BCUT2D eigenvalue weighted by atomic mass is 9.84. The Bertz CT molecular complexity index is 1090. The number of hydrogen-bond donors (Lipinski definition) is 1. The van der Waals surface area contributed by atoms with Crippen LogP contribution in [0.2, 0.25) is 0 Å². The normalized spacial score (nSPS) is 17.5. The summed E-state index contributed by atoms with van der Waals surface area (Å²) in [5.41, 5.74) is 6.69. The van der Waals surface area contributed by atoms with Crippen LogP contribution in [0, 0.1) is 6.92 Å². The van der Waals surface area contributed by atoms with Gasteiger partial charge in [0.15, 0.2) is 0 Å². The van der Waals surface area contributed by atoms with E-state index in [4.69, 9.17) is 0 Å². The highest BCUT2D eigenvalue weighted by Crippen LogP contribution is 2.36. The van der Waals surface area contributed by atoms with E-state index in [1.807, 2.05) is 12.4 Å². The Morgan fingerprint density at radius 2 is 2.08 bits per heavy atom. The summed E-state index contributed by atoms with van der Waals surface area (Å²) < 4.78 is 0. The molecule has 0 radical (unpaired) electrons. The second-order valence-corrected chi connectivity index (χ2v) is 8.50. The van der Waals surface area contributed by atoms with Crippen LogP contribution in [0.15, 0.2) is 54.9 Å². The van der Waals surface area contributed by atoms with Gasteiger partial charge in [-0.05, 0) is 54.2 Å². The second-order valence-electron chi connectivity index (χ2n) is 7.26. The first kappa shape index (κ1) is 15.8. The third-order valence-electron chi connectivity index (χ3n) is 5.30. The van der Waals surface area contributed by atoms with Crippen LogP contribution in [0.4, 0.5) is 0 Å². The molecule has 1 N–H and O–H groups in total. The molecule has 5 rings (SSSR count). The van der Waals surface area contributed by atoms with Gasteiger partial charge in [0.2, 0.25) is 0 Å². The first-order valence-corrected chi connectivity index (χ1v) is 9.80. The molecule has 0 spiro atoms. The number of likely N-dealkylation sites (N-methyl/N-ethyl adjacent to an activating group) is 1. The first-order valence-electron chi connectivity index (χ1n) is 8.98. The fourth-order valence-electron chi connectivity index (χ4n) is 4.04. The molecule has 1 unspecified atom stereocenters. The quantitative estimate of drug-likeness (QED) is 0.535. The average Bonchev–Trinajstić information content (AvgIpc) is 3.28. The lowest BCUT2D eigenvalue weighted by Crippen LogP contribution is -2.31. The van der Waals surface area contributed by atoms with E-state index in [9.17, 15) is 0 Å². The fourth-order valence-corrected chi connectivity index (χ4v) is 4.80. The number of hydrogen-bond acceptors (Lipinski definition) is 3. The van der Waals surface area contributed by atoms with Crippen molar-refractivity contribution in [3.8, 4) is 10.6 Å². The van der Waals surface area contributed by atoms with Crippen LogP contribution < -0.4 is 0 Å². The van der Waals surface area contributed by atoms with Crippen LogP contribution >= 0.6 is 11.3 Å². The Labute approximate surface area is 157 Å². The third kappa shape index (κ3) is 2.66. The predicted octanol–water partition coefficient (Wildman–Crippen LogP) is 5.18. The number of nitrogens with one attached hydrogen (secondary N) is 1. The maximum atomic E-state index is 4.56. The number of rotatable bonds is 2. The van der Waals surface area contributed by atoms with Crippen molar-refractivity contribution in [2.24, 2.45) is 0 Å². The number of fused-ring (bicyclic) bond motifs is 2. The van der Waals surface area contributed by atoms with E-state index in [0.717, 1.165) is 18.1 Å². The zero-order chi connectivity index (χ0) is 17.7. The Morgan fingerprint density at radius 1 is 1.15 bits per heavy atom. The molecule has 0 aliphatic carbocycles. The molecule has 0 fully saturated rings. The van der Waals surface area contributed by atoms with Gasteiger partial charge < -0.3 is 9.88 Å². The summed E-state index contributed by atoms with van der Waals surface area (Å²) in [6.45, 7) is 4.16. The van der Waals surface area contributed by atoms with Gasteiger partial charge >= 0.3 is 0 Å². The Hall–Kier alpha value is -2.43. The van der Waals surface area contributed by atoms with E-state index in [0.29, 0.717) is 5.92 Å². The van der Waals surface area contributed by atoms with Crippen molar-refractivity contribution in [2.45, 2.75) is 19.4 Å². The first-order chi connectivity index (χ1) is 12.7. The van der Waals surface area contributed by atoms with E-state index in [1.54, 1.807) is 11.3 Å². The Kier molecular flexibility index (Phi) is 3.69. The van der Waals surface area contributed by atoms with Crippen molar-refractivity contribution in [3.05, 3.63) is 76.4 Å². The van der Waals surface area contributed by atoms with Gasteiger partial charge in [-0.2, -0.15) is 0 Å². The summed E-state index contributed by atoms with van der Waals surface area (Å²) in [5.74, 6) is 0.406. The number of benzene rings is 2. The van der Waals surface area contributed by atoms with Gasteiger partial charge in [0.1, 0.15) is 5.01 Å². The van der Waals surface area contributed by atoms with Crippen molar-refractivity contribution < 1.29 is 0 Å². The molecule has 1 atom stereocenters. The van der Waals surface area contributed by atoms with Gasteiger partial charge in [-0.1, -0.05) is 24.3 Å². The topological polar surface area (TPSA) is 31.9 Å². The van der Waals surface area contributed by atoms with Crippen molar-refractivity contribution >= 4 is 22.2 Å². The zero-order valence-corrected chi connectivity index (χ0v) is 15.8. The van der Waals surface area contributed by atoms with Gasteiger partial charge in [0, 0.05) is 47.4 Å². The van der Waals surface area contributed by atoms with Gasteiger partial charge in [-0.15, -0.1) is 11.3 Å². The molecule has 26 heavy (non-hydrogen) atoms. The Morgan fingerprint density at radius 3 is 2.92 bits per heavy atom. The fraction of sp³-hybridized carbons (Fsp3) is 0.227. The number of aromatic nitrogens is 2. The van der Waals surface area contributed by atoms with Crippen LogP contribution in [0.1, 0.15) is 27.5 Å². The smallest absolute Gasteiger partial charge is 0.123 e. The molecule has 130 valence electrons. The lowest BCUT2D eigenvalue weighted by Gasteiger charge is -2.33. The third-order valence-corrected chi connectivity index (χ3v) is 6.26. The van der Waals surface area contributed by atoms with Crippen molar-refractivity contribution in [3.63, 3.8) is 0 Å². The summed E-state index contributed by atoms with van der Waals surface area (Å²) in [6.07, 6.45) is 3.97. The molecule has 3 nitrogen and oxygen atoms in total. The summed E-state index contributed by atoms with van der Waals surface area (Å²) >= 11 is 1.76. The summed E-state index contributed by atoms with van der Waals surface area (Å²) in [5, 5.41) is 2.38. The van der Waals surface area contributed by atoms with E-state index < -0.39 is 0 Å². The van der Waals surface area contributed by atoms with Crippen molar-refractivity contribution in [1.82, 2.24) is 14.9 Å². The number of aromatic amines is 1. The summed E-state index contributed by atoms with van der Waals surface area (Å²) in [4.78, 5) is 11.6. The zero-order valence-electron chi connectivity index (χ0n) is 15.0. The molecule has 3 heterocycles. The maximum absolute atomic E-state index is 4.56. The highest BCUT2D eigenvalue weighted by molar-refractivity contribution is 7.14. The number of aryl methyl sites for hydroxylation is 1. The molecule has 0 saturated heterocycles. The standard InChI is InChI=1S/C22H21N3S/c1-14-11-24-22(26-14)17-5-6-19-18(9-17)12-25(2)13-20(19)16-4-3-15-7-8-23-21(15)10-16/h3-11,20,23H,12-13H2,1-2H3. The molecule has 0 bridgehead atoms. The number of thiazole rings is 1. The monoisotopic (exact) mass is 359 g/mol. The van der Waals surface area contributed by atoms with Crippen LogP contribution in [0.5, 0.6) is 0 Å². The van der Waals surface area contributed by atoms with E-state index in [1.165, 1.54) is 38.0 Å². The van der Waals surface area contributed by atoms with Crippen molar-refractivity contribution in [1.29, 1.82) is 0 Å². The number of nitrogens with zero attached hydrogens (tertiary/aromatic N) is 2. The Balaban J connectivity index is 1.59. The van der Waals surface area contributed by atoms with Gasteiger partial charge in [-0.3, -0.25) is 0 Å². The average molecular weight is 359 g/mol. The highest BCUT2D eigenvalue weighted by atomic mass is 32.1. The van der Waals surface area contributed by atoms with E-state index >= 15 is 0 Å². The van der Waals surface area contributed by atoms with Gasteiger partial charge in [-0.25, -0.2) is 4.98 Å². The minimum atomic E-state index is 0.406. The molecule has 0 amide bonds. The SMILES string of the molecule is Cc1cnc(-c2ccc3c(c2)CN(C)CC3c2ccc3cc[nH]c3c2)s1. The van der Waals surface area contributed by atoms with Crippen LogP contribution in [0.25, 0.3) is 21.5 Å². The molecule has 4 aromatic rings. The molecule has 2 aromatic heterocycles. The lowest BCUT2D eigenvalue weighted by molar-refractivity contribution is 0.295. The minimum Gasteiger partial charge on any atom is -0.361 e. The second kappa shape index (κ2) is 6.08. The van der Waals surface area contributed by atoms with Crippen LogP contribution in [0.3, 0.4) is 0 Å². The van der Waals surface area contributed by atoms with Crippen LogP contribution in [-0.4, -0.2) is 28.5 Å². The highest BCUT2D eigenvalue weighted by Gasteiger charge is 2.25. The molecule has 1 aliphatic rings. The summed E-state index contributed by atoms with van der Waals surface area (Å²) in [7, 11) is 2.21.